The molecular weight excluding hydrogens is 1050 g/mol. The Morgan fingerprint density at radius 2 is 1.08 bits per heavy atom. The summed E-state index contributed by atoms with van der Waals surface area (Å²) in [5.74, 6) is -1.29. The summed E-state index contributed by atoms with van der Waals surface area (Å²) in [6.45, 7) is 4.50. The molecule has 0 spiro atoms. The number of nitrogens with zero attached hydrogens (tertiary/aromatic N) is 6. The predicted molar refractivity (Wildman–Crippen MR) is 289 cm³/mol. The van der Waals surface area contributed by atoms with Gasteiger partial charge >= 0.3 is 5.97 Å². The van der Waals surface area contributed by atoms with Gasteiger partial charge in [0.25, 0.3) is 5.91 Å². The molecule has 0 fully saturated rings. The second kappa shape index (κ2) is 22.8. The van der Waals surface area contributed by atoms with E-state index in [1.54, 1.807) is 55.0 Å². The lowest BCUT2D eigenvalue weighted by Gasteiger charge is -2.10. The first-order chi connectivity index (χ1) is 34.7. The maximum atomic E-state index is 12.9. The summed E-state index contributed by atoms with van der Waals surface area (Å²) < 4.78 is 49.1. The number of aryl methyl sites for hydroxylation is 2. The fraction of sp³-hybridized carbons (Fsp3) is 0.154. The van der Waals surface area contributed by atoms with Crippen LogP contribution in [-0.2, 0) is 45.6 Å². The molecule has 0 saturated carbocycles. The first-order valence-electron chi connectivity index (χ1n) is 22.3. The number of carboxylic acid groups (broad SMARTS) is 1. The van der Waals surface area contributed by atoms with E-state index in [9.17, 15) is 26.4 Å². The highest BCUT2D eigenvalue weighted by Gasteiger charge is 2.18. The number of nitrogens with two attached hydrogens (primary N) is 1. The van der Waals surface area contributed by atoms with Crippen molar-refractivity contribution in [1.29, 1.82) is 0 Å². The Balaban J connectivity index is 0.000000181. The van der Waals surface area contributed by atoms with Gasteiger partial charge in [-0.3, -0.25) is 34.9 Å². The van der Waals surface area contributed by atoms with Crippen LogP contribution < -0.4 is 11.1 Å². The van der Waals surface area contributed by atoms with Crippen molar-refractivity contribution in [1.82, 2.24) is 45.6 Å². The average molecular weight is 1090 g/mol. The Kier molecular flexibility index (Phi) is 16.8. The Bertz CT molecular complexity index is 4000. The van der Waals surface area contributed by atoms with Gasteiger partial charge in [0.15, 0.2) is 19.7 Å². The lowest BCUT2D eigenvalue weighted by molar-refractivity contribution is 0.0696. The molecule has 10 rings (SSSR count). The lowest BCUT2D eigenvalue weighted by atomic mass is 10.0. The first kappa shape index (κ1) is 54.4. The van der Waals surface area contributed by atoms with E-state index < -0.39 is 25.6 Å². The third-order valence-corrected chi connectivity index (χ3v) is 14.1. The minimum atomic E-state index is -3.49. The van der Waals surface area contributed by atoms with Crippen molar-refractivity contribution in [2.75, 3.05) is 12.5 Å². The number of carboxylic acids is 1. The number of aromatic amines is 2. The molecule has 0 saturated heterocycles. The maximum absolute atomic E-state index is 12.9. The minimum absolute atomic E-state index is 0. The fourth-order valence-corrected chi connectivity index (χ4v) is 10.1. The van der Waals surface area contributed by atoms with Crippen LogP contribution in [-0.4, -0.2) is 86.7 Å². The van der Waals surface area contributed by atoms with Gasteiger partial charge in [0.05, 0.1) is 55.4 Å². The van der Waals surface area contributed by atoms with E-state index in [2.05, 4.69) is 45.6 Å². The Morgan fingerprint density at radius 1 is 0.622 bits per heavy atom. The van der Waals surface area contributed by atoms with Crippen LogP contribution >= 0.6 is 35.6 Å². The number of halogens is 3. The molecule has 6 heterocycles. The zero-order valence-electron chi connectivity index (χ0n) is 40.0. The van der Waals surface area contributed by atoms with Crippen LogP contribution in [0.25, 0.3) is 43.6 Å². The summed E-state index contributed by atoms with van der Waals surface area (Å²) >= 11 is 11.9. The first-order valence-corrected chi connectivity index (χ1v) is 26.8. The van der Waals surface area contributed by atoms with E-state index in [1.165, 1.54) is 24.6 Å². The van der Waals surface area contributed by atoms with Crippen LogP contribution in [0.2, 0.25) is 10.0 Å². The Hall–Kier alpha value is -7.39. The standard InChI is InChI=1S/C26H22ClN5O3S.C18H16N2O4S.C8H8ClN3.ClH/c1-15-7-18-8-16(10-24(36(2,34)35)25(18)29-13-15)9-20-11-17(5-6-28-20)26(33)30-14-23-21-12-19(27)3-4-22(21)31-32-23;1-11-5-14-6-12(7-15-9-13(18(21)22)3-4-19-15)8-16(25(2,23)24)17(14)20-10-11;9-5-1-2-7-6(3-5)8(4-10)12-11-7;/h3-8,10-13H,9,14H2,1-2H3,(H,30,33)(H,31,32);3-6,8-10H,7H2,1-2H3,(H,21,22);1-3H,4,10H2,(H,11,12);1H. The second-order valence-electron chi connectivity index (χ2n) is 17.2. The minimum Gasteiger partial charge on any atom is -0.478 e. The largest absolute Gasteiger partial charge is 0.478 e. The molecule has 74 heavy (non-hydrogen) atoms. The van der Waals surface area contributed by atoms with Crippen molar-refractivity contribution in [3.05, 3.63) is 188 Å². The van der Waals surface area contributed by atoms with Crippen molar-refractivity contribution in [3.8, 4) is 0 Å². The molecule has 17 nitrogen and oxygen atoms in total. The number of aromatic nitrogens is 8. The van der Waals surface area contributed by atoms with Crippen LogP contribution in [0.4, 0.5) is 0 Å². The van der Waals surface area contributed by atoms with Gasteiger partial charge in [0, 0.05) is 105 Å². The molecule has 6 aromatic heterocycles. The molecule has 0 unspecified atom stereocenters. The van der Waals surface area contributed by atoms with E-state index in [4.69, 9.17) is 34.0 Å². The molecule has 0 atom stereocenters. The number of hydrogen-bond acceptors (Lipinski definition) is 13. The number of amides is 1. The number of carbonyl (C=O) groups is 2. The number of rotatable bonds is 11. The van der Waals surface area contributed by atoms with Crippen molar-refractivity contribution >= 4 is 111 Å². The van der Waals surface area contributed by atoms with E-state index in [0.29, 0.717) is 57.4 Å². The van der Waals surface area contributed by atoms with Gasteiger partial charge in [-0.2, -0.15) is 10.2 Å². The van der Waals surface area contributed by atoms with Crippen molar-refractivity contribution in [2.24, 2.45) is 5.73 Å². The van der Waals surface area contributed by atoms with Gasteiger partial charge in [-0.05, 0) is 133 Å². The maximum Gasteiger partial charge on any atom is 0.335 e. The fourth-order valence-electron chi connectivity index (χ4n) is 8.02. The summed E-state index contributed by atoms with van der Waals surface area (Å²) in [6, 6.07) is 27.9. The molecule has 0 bridgehead atoms. The summed E-state index contributed by atoms with van der Waals surface area (Å²) in [5.41, 5.74) is 14.9. The van der Waals surface area contributed by atoms with Gasteiger partial charge in [0.2, 0.25) is 0 Å². The summed E-state index contributed by atoms with van der Waals surface area (Å²) in [7, 11) is -6.95. The number of aromatic carboxylic acids is 1. The molecule has 0 aliphatic carbocycles. The third-order valence-electron chi connectivity index (χ3n) is 11.4. The number of pyridine rings is 4. The van der Waals surface area contributed by atoms with E-state index >= 15 is 0 Å². The predicted octanol–water partition coefficient (Wildman–Crippen LogP) is 9.12. The highest BCUT2D eigenvalue weighted by molar-refractivity contribution is 7.91. The van der Waals surface area contributed by atoms with Crippen LogP contribution in [0.15, 0.2) is 132 Å². The lowest BCUT2D eigenvalue weighted by Crippen LogP contribution is -2.23. The van der Waals surface area contributed by atoms with Crippen LogP contribution in [0.3, 0.4) is 0 Å². The smallest absolute Gasteiger partial charge is 0.335 e. The summed E-state index contributed by atoms with van der Waals surface area (Å²) in [6.07, 6.45) is 9.30. The van der Waals surface area contributed by atoms with Gasteiger partial charge in [-0.1, -0.05) is 23.2 Å². The van der Waals surface area contributed by atoms with Crippen LogP contribution in [0, 0.1) is 13.8 Å². The molecule has 4 aromatic carbocycles. The molecule has 0 aliphatic rings. The summed E-state index contributed by atoms with van der Waals surface area (Å²) in [4.78, 5) is 41.5. The van der Waals surface area contributed by atoms with Crippen molar-refractivity contribution in [3.63, 3.8) is 0 Å². The van der Waals surface area contributed by atoms with E-state index in [1.807, 2.05) is 62.4 Å². The van der Waals surface area contributed by atoms with Gasteiger partial charge < -0.3 is 16.2 Å². The van der Waals surface area contributed by atoms with Crippen LogP contribution in [0.5, 0.6) is 0 Å². The van der Waals surface area contributed by atoms with Gasteiger partial charge in [-0.25, -0.2) is 21.6 Å². The normalized spacial score (nSPS) is 11.4. The topological polar surface area (TPSA) is 270 Å². The second-order valence-corrected chi connectivity index (χ2v) is 22.1. The highest BCUT2D eigenvalue weighted by atomic mass is 35.5. The molecule has 0 aliphatic heterocycles. The number of carbonyl (C=O) groups excluding carboxylic acids is 1. The van der Waals surface area contributed by atoms with E-state index in [-0.39, 0.29) is 40.2 Å². The summed E-state index contributed by atoms with van der Waals surface area (Å²) in [5, 5.41) is 30.7. The number of H-pyrrole nitrogens is 2. The molecule has 6 N–H and O–H groups in total. The zero-order chi connectivity index (χ0) is 52.2. The van der Waals surface area contributed by atoms with E-state index in [0.717, 1.165) is 72.5 Å². The van der Waals surface area contributed by atoms with Gasteiger partial charge in [-0.15, -0.1) is 12.4 Å². The number of hydrogen-bond donors (Lipinski definition) is 5. The monoisotopic (exact) mass is 1090 g/mol. The molecule has 22 heteroatoms. The quantitative estimate of drug-likeness (QED) is 0.0808. The highest BCUT2D eigenvalue weighted by Crippen LogP contribution is 2.28. The third kappa shape index (κ3) is 13.0. The van der Waals surface area contributed by atoms with Crippen LogP contribution in [0.1, 0.15) is 65.7 Å². The molecular formula is C52H47Cl3N10O7S2. The number of sulfone groups is 2. The number of nitrogens with one attached hydrogen (secondary N) is 3. The molecule has 1 amide bonds. The average Bonchev–Trinajstić information content (AvgIpc) is 3.95. The SMILES string of the molecule is Cc1cnc2c(S(C)(=O)=O)cc(Cc3cc(C(=O)NCc4[nH]nc5ccc(Cl)cc45)ccn3)cc2c1.Cc1cnc2c(S(C)(=O)=O)cc(Cc3cc(C(=O)O)ccn3)cc2c1.Cl.NCc1[nH]nc2ccc(Cl)cc12. The molecule has 380 valence electrons. The molecule has 0 radical (unpaired) electrons. The Morgan fingerprint density at radius 3 is 1.55 bits per heavy atom. The molecule has 10 aromatic rings. The number of benzene rings is 4. The number of fused-ring (bicyclic) bond motifs is 4. The Labute approximate surface area is 441 Å². The van der Waals surface area contributed by atoms with Gasteiger partial charge in [0.1, 0.15) is 0 Å². The van der Waals surface area contributed by atoms with Crippen molar-refractivity contribution < 1.29 is 31.5 Å². The van der Waals surface area contributed by atoms with Crippen molar-refractivity contribution in [2.45, 2.75) is 49.6 Å². The zero-order valence-corrected chi connectivity index (χ0v) is 44.0.